The van der Waals surface area contributed by atoms with Crippen LogP contribution in [0.3, 0.4) is 0 Å². The lowest BCUT2D eigenvalue weighted by atomic mass is 10.2. The Bertz CT molecular complexity index is 925. The van der Waals surface area contributed by atoms with Gasteiger partial charge in [0.05, 0.1) is 20.3 Å². The maximum absolute atomic E-state index is 13.0. The number of nitrogens with one attached hydrogen (secondary N) is 1. The number of sulfonamides is 1. The van der Waals surface area contributed by atoms with E-state index >= 15 is 0 Å². The van der Waals surface area contributed by atoms with E-state index in [2.05, 4.69) is 5.32 Å². The van der Waals surface area contributed by atoms with Crippen molar-refractivity contribution in [1.82, 2.24) is 4.31 Å². The average Bonchev–Trinajstić information content (AvgIpc) is 2.69. The van der Waals surface area contributed by atoms with Crippen LogP contribution in [0.2, 0.25) is 5.02 Å². The molecule has 144 valence electrons. The zero-order valence-electron chi connectivity index (χ0n) is 14.6. The number of methoxy groups -OCH3 is 1. The molecular formula is C18H19ClN2O5S. The summed E-state index contributed by atoms with van der Waals surface area (Å²) in [4.78, 5) is 12.4. The van der Waals surface area contributed by atoms with E-state index < -0.39 is 10.0 Å². The Morgan fingerprint density at radius 2 is 1.81 bits per heavy atom. The van der Waals surface area contributed by atoms with E-state index in [1.165, 1.54) is 23.5 Å². The Kier molecular flexibility index (Phi) is 6.01. The van der Waals surface area contributed by atoms with Gasteiger partial charge in [-0.25, -0.2) is 8.42 Å². The van der Waals surface area contributed by atoms with Gasteiger partial charge in [0, 0.05) is 29.4 Å². The van der Waals surface area contributed by atoms with E-state index in [1.54, 1.807) is 30.3 Å². The van der Waals surface area contributed by atoms with E-state index in [9.17, 15) is 13.2 Å². The third kappa shape index (κ3) is 4.41. The van der Waals surface area contributed by atoms with Crippen LogP contribution >= 0.6 is 11.6 Å². The van der Waals surface area contributed by atoms with Crippen LogP contribution in [0.5, 0.6) is 5.75 Å². The van der Waals surface area contributed by atoms with Crippen molar-refractivity contribution in [2.45, 2.75) is 4.90 Å². The molecule has 1 fully saturated rings. The first kappa shape index (κ1) is 19.6. The molecule has 0 radical (unpaired) electrons. The summed E-state index contributed by atoms with van der Waals surface area (Å²) >= 11 is 5.83. The second-order valence-electron chi connectivity index (χ2n) is 5.84. The first-order valence-electron chi connectivity index (χ1n) is 8.24. The molecule has 9 heteroatoms. The number of amides is 1. The molecule has 1 aliphatic heterocycles. The molecule has 0 aromatic heterocycles. The number of ether oxygens (including phenoxy) is 2. The van der Waals surface area contributed by atoms with Crippen molar-refractivity contribution in [2.24, 2.45) is 0 Å². The molecule has 1 N–H and O–H groups in total. The molecule has 0 saturated carbocycles. The second-order valence-corrected chi connectivity index (χ2v) is 8.19. The second kappa shape index (κ2) is 8.26. The average molecular weight is 411 g/mol. The van der Waals surface area contributed by atoms with Gasteiger partial charge in [0.25, 0.3) is 5.91 Å². The van der Waals surface area contributed by atoms with Crippen LogP contribution in [0.4, 0.5) is 5.69 Å². The number of carbonyl (C=O) groups excluding carboxylic acids is 1. The highest BCUT2D eigenvalue weighted by molar-refractivity contribution is 7.89. The number of morpholine rings is 1. The molecule has 27 heavy (non-hydrogen) atoms. The maximum atomic E-state index is 13.0. The van der Waals surface area contributed by atoms with Crippen molar-refractivity contribution in [2.75, 3.05) is 38.7 Å². The largest absolute Gasteiger partial charge is 0.495 e. The normalized spacial score (nSPS) is 15.3. The van der Waals surface area contributed by atoms with Crippen LogP contribution < -0.4 is 10.1 Å². The lowest BCUT2D eigenvalue weighted by Crippen LogP contribution is -2.40. The molecule has 1 heterocycles. The summed E-state index contributed by atoms with van der Waals surface area (Å²) < 4.78 is 37.7. The van der Waals surface area contributed by atoms with Crippen LogP contribution in [0.15, 0.2) is 47.4 Å². The molecule has 7 nitrogen and oxygen atoms in total. The van der Waals surface area contributed by atoms with Crippen molar-refractivity contribution in [3.05, 3.63) is 53.1 Å². The van der Waals surface area contributed by atoms with Gasteiger partial charge in [-0.3, -0.25) is 4.79 Å². The molecular weight excluding hydrogens is 392 g/mol. The predicted molar refractivity (Wildman–Crippen MR) is 102 cm³/mol. The van der Waals surface area contributed by atoms with E-state index in [-0.39, 0.29) is 29.6 Å². The number of hydrogen-bond donors (Lipinski definition) is 1. The van der Waals surface area contributed by atoms with Gasteiger partial charge < -0.3 is 14.8 Å². The summed E-state index contributed by atoms with van der Waals surface area (Å²) in [5.41, 5.74) is 0.760. The SMILES string of the molecule is COc1ccc(NC(=O)c2ccc(Cl)cc2)cc1S(=O)(=O)N1CCOCC1. The van der Waals surface area contributed by atoms with E-state index in [0.717, 1.165) is 0 Å². The third-order valence-corrected chi connectivity index (χ3v) is 6.29. The lowest BCUT2D eigenvalue weighted by molar-refractivity contribution is 0.0729. The van der Waals surface area contributed by atoms with Gasteiger partial charge in [-0.2, -0.15) is 4.31 Å². The summed E-state index contributed by atoms with van der Waals surface area (Å²) in [6.07, 6.45) is 0. The number of benzene rings is 2. The highest BCUT2D eigenvalue weighted by atomic mass is 35.5. The van der Waals surface area contributed by atoms with Gasteiger partial charge in [0.2, 0.25) is 10.0 Å². The Hall–Kier alpha value is -2.13. The molecule has 0 bridgehead atoms. The third-order valence-electron chi connectivity index (χ3n) is 4.12. The molecule has 0 atom stereocenters. The number of carbonyl (C=O) groups is 1. The van der Waals surface area contributed by atoms with Crippen molar-refractivity contribution in [3.8, 4) is 5.75 Å². The quantitative estimate of drug-likeness (QED) is 0.819. The molecule has 1 saturated heterocycles. The van der Waals surface area contributed by atoms with Crippen LogP contribution in [-0.2, 0) is 14.8 Å². The number of anilines is 1. The van der Waals surface area contributed by atoms with Crippen LogP contribution in [0.25, 0.3) is 0 Å². The standard InChI is InChI=1S/C18H19ClN2O5S/c1-25-16-7-6-15(20-18(22)13-2-4-14(19)5-3-13)12-17(16)27(23,24)21-8-10-26-11-9-21/h2-7,12H,8-11H2,1H3,(H,20,22). The van der Waals surface area contributed by atoms with Gasteiger partial charge in [-0.1, -0.05) is 11.6 Å². The molecule has 3 rings (SSSR count). The highest BCUT2D eigenvalue weighted by Crippen LogP contribution is 2.30. The fraction of sp³-hybridized carbons (Fsp3) is 0.278. The Morgan fingerprint density at radius 3 is 2.44 bits per heavy atom. The number of halogens is 1. The lowest BCUT2D eigenvalue weighted by Gasteiger charge is -2.26. The van der Waals surface area contributed by atoms with Gasteiger partial charge in [0.1, 0.15) is 10.6 Å². The Balaban J connectivity index is 1.89. The summed E-state index contributed by atoms with van der Waals surface area (Å²) in [6.45, 7) is 1.22. The predicted octanol–water partition coefficient (Wildman–Crippen LogP) is 2.62. The van der Waals surface area contributed by atoms with E-state index in [0.29, 0.717) is 29.5 Å². The Morgan fingerprint density at radius 1 is 1.15 bits per heavy atom. The smallest absolute Gasteiger partial charge is 0.255 e. The van der Waals surface area contributed by atoms with Crippen molar-refractivity contribution in [1.29, 1.82) is 0 Å². The number of hydrogen-bond acceptors (Lipinski definition) is 5. The van der Waals surface area contributed by atoms with Gasteiger partial charge >= 0.3 is 0 Å². The molecule has 0 aliphatic carbocycles. The minimum absolute atomic E-state index is 0.000746. The van der Waals surface area contributed by atoms with Crippen molar-refractivity contribution < 1.29 is 22.7 Å². The zero-order chi connectivity index (χ0) is 19.4. The number of rotatable bonds is 5. The summed E-state index contributed by atoms with van der Waals surface area (Å²) in [5.74, 6) is -0.155. The van der Waals surface area contributed by atoms with Gasteiger partial charge in [-0.05, 0) is 42.5 Å². The highest BCUT2D eigenvalue weighted by Gasteiger charge is 2.29. The first-order valence-corrected chi connectivity index (χ1v) is 10.1. The first-order chi connectivity index (χ1) is 12.9. The maximum Gasteiger partial charge on any atom is 0.255 e. The fourth-order valence-corrected chi connectivity index (χ4v) is 4.40. The van der Waals surface area contributed by atoms with Crippen LogP contribution in [-0.4, -0.2) is 52.0 Å². The molecule has 2 aromatic carbocycles. The monoisotopic (exact) mass is 410 g/mol. The van der Waals surface area contributed by atoms with Crippen molar-refractivity contribution in [3.63, 3.8) is 0 Å². The molecule has 1 aliphatic rings. The van der Waals surface area contributed by atoms with Crippen LogP contribution in [0.1, 0.15) is 10.4 Å². The van der Waals surface area contributed by atoms with Crippen molar-refractivity contribution >= 4 is 33.2 Å². The summed E-state index contributed by atoms with van der Waals surface area (Å²) in [7, 11) is -2.37. The molecule has 2 aromatic rings. The topological polar surface area (TPSA) is 84.9 Å². The summed E-state index contributed by atoms with van der Waals surface area (Å²) in [5, 5.41) is 3.22. The van der Waals surface area contributed by atoms with E-state index in [1.807, 2.05) is 0 Å². The fourth-order valence-electron chi connectivity index (χ4n) is 2.69. The van der Waals surface area contributed by atoms with Gasteiger partial charge in [0.15, 0.2) is 0 Å². The van der Waals surface area contributed by atoms with E-state index in [4.69, 9.17) is 21.1 Å². The molecule has 0 unspecified atom stereocenters. The summed E-state index contributed by atoms with van der Waals surface area (Å²) in [6, 6.07) is 10.9. The zero-order valence-corrected chi connectivity index (χ0v) is 16.2. The Labute approximate surface area is 162 Å². The van der Waals surface area contributed by atoms with Crippen LogP contribution in [0, 0.1) is 0 Å². The minimum Gasteiger partial charge on any atom is -0.495 e. The van der Waals surface area contributed by atoms with Gasteiger partial charge in [-0.15, -0.1) is 0 Å². The molecule has 0 spiro atoms. The number of nitrogens with zero attached hydrogens (tertiary/aromatic N) is 1. The molecule has 1 amide bonds. The minimum atomic E-state index is -3.77.